The summed E-state index contributed by atoms with van der Waals surface area (Å²) < 4.78 is 0. The van der Waals surface area contributed by atoms with Gasteiger partial charge in [0.25, 0.3) is 0 Å². The molecule has 0 bridgehead atoms. The summed E-state index contributed by atoms with van der Waals surface area (Å²) in [4.78, 5) is 10.3. The van der Waals surface area contributed by atoms with E-state index in [0.717, 1.165) is 12.0 Å². The van der Waals surface area contributed by atoms with Crippen LogP contribution >= 0.6 is 0 Å². The molecule has 0 saturated heterocycles. The second-order valence-electron chi connectivity index (χ2n) is 2.08. The van der Waals surface area contributed by atoms with Crippen LogP contribution in [-0.4, -0.2) is 5.78 Å². The highest BCUT2D eigenvalue weighted by molar-refractivity contribution is 6.14. The van der Waals surface area contributed by atoms with E-state index >= 15 is 0 Å². The molecule has 1 heteroatoms. The van der Waals surface area contributed by atoms with Crippen molar-refractivity contribution < 1.29 is 4.79 Å². The lowest BCUT2D eigenvalue weighted by Gasteiger charge is -1.75. The number of Topliss-reactive ketones (excluding diaryl/α,β-unsaturated/α-hetero) is 1. The van der Waals surface area contributed by atoms with Gasteiger partial charge in [0.15, 0.2) is 5.78 Å². The monoisotopic (exact) mass is 96.1 g/mol. The Morgan fingerprint density at radius 2 is 2.00 bits per heavy atom. The maximum atomic E-state index is 10.3. The molecule has 1 fully saturated rings. The van der Waals surface area contributed by atoms with Crippen LogP contribution in [0.4, 0.5) is 0 Å². The molecule has 0 aromatic carbocycles. The molecule has 0 aliphatic heterocycles. The van der Waals surface area contributed by atoms with Crippen LogP contribution in [0.3, 0.4) is 0 Å². The Labute approximate surface area is 43.0 Å². The molecule has 38 valence electrons. The molecular weight excluding hydrogens is 88.1 g/mol. The third-order valence-corrected chi connectivity index (χ3v) is 1.15. The summed E-state index contributed by atoms with van der Waals surface area (Å²) in [5, 5.41) is 0. The molecule has 1 rings (SSSR count). The van der Waals surface area contributed by atoms with Crippen LogP contribution in [0.5, 0.6) is 0 Å². The zero-order valence-electron chi connectivity index (χ0n) is 4.62. The minimum absolute atomic E-state index is 0.333. The van der Waals surface area contributed by atoms with Gasteiger partial charge < -0.3 is 0 Å². The molecule has 0 aromatic heterocycles. The second-order valence-corrected chi connectivity index (χ2v) is 2.08. The van der Waals surface area contributed by atoms with Crippen LogP contribution in [0.2, 0.25) is 0 Å². The van der Waals surface area contributed by atoms with Crippen molar-refractivity contribution in [3.8, 4) is 0 Å². The lowest BCUT2D eigenvalue weighted by molar-refractivity contribution is -0.108. The first-order valence-electron chi connectivity index (χ1n) is 2.41. The van der Waals surface area contributed by atoms with Gasteiger partial charge in [-0.1, -0.05) is 5.57 Å². The summed E-state index contributed by atoms with van der Waals surface area (Å²) in [5.41, 5.74) is 2.23. The van der Waals surface area contributed by atoms with E-state index in [1.165, 1.54) is 5.57 Å². The standard InChI is InChI=1S/C6H8O/c1-4(2)5-3-6(5)7/h3H2,1-2H3. The normalized spacial score (nSPS) is 17.4. The van der Waals surface area contributed by atoms with Crippen molar-refractivity contribution in [3.63, 3.8) is 0 Å². The van der Waals surface area contributed by atoms with Gasteiger partial charge in [-0.2, -0.15) is 0 Å². The number of carbonyl (C=O) groups is 1. The molecule has 0 N–H and O–H groups in total. The largest absolute Gasteiger partial charge is 0.294 e. The minimum atomic E-state index is 0.333. The number of ketones is 1. The van der Waals surface area contributed by atoms with Crippen molar-refractivity contribution in [3.05, 3.63) is 11.1 Å². The topological polar surface area (TPSA) is 17.1 Å². The van der Waals surface area contributed by atoms with Crippen LogP contribution in [0.15, 0.2) is 11.1 Å². The van der Waals surface area contributed by atoms with Gasteiger partial charge in [-0.05, 0) is 13.8 Å². The summed E-state index contributed by atoms with van der Waals surface area (Å²) in [6.07, 6.45) is 0.725. The van der Waals surface area contributed by atoms with Crippen molar-refractivity contribution >= 4 is 5.78 Å². The van der Waals surface area contributed by atoms with Gasteiger partial charge in [0, 0.05) is 12.0 Å². The number of hydrogen-bond donors (Lipinski definition) is 0. The highest BCUT2D eigenvalue weighted by atomic mass is 16.1. The van der Waals surface area contributed by atoms with E-state index in [1.807, 2.05) is 13.8 Å². The Morgan fingerprint density at radius 1 is 1.57 bits per heavy atom. The first-order chi connectivity index (χ1) is 3.22. The minimum Gasteiger partial charge on any atom is -0.294 e. The van der Waals surface area contributed by atoms with E-state index in [4.69, 9.17) is 0 Å². The maximum Gasteiger partial charge on any atom is 0.163 e. The maximum absolute atomic E-state index is 10.3. The van der Waals surface area contributed by atoms with Gasteiger partial charge in [-0.15, -0.1) is 0 Å². The molecule has 1 saturated carbocycles. The molecule has 0 amide bonds. The van der Waals surface area contributed by atoms with Gasteiger partial charge in [-0.25, -0.2) is 0 Å². The van der Waals surface area contributed by atoms with Gasteiger partial charge in [0.1, 0.15) is 0 Å². The Morgan fingerprint density at radius 3 is 2.00 bits per heavy atom. The summed E-state index contributed by atoms with van der Waals surface area (Å²) >= 11 is 0. The third-order valence-electron chi connectivity index (χ3n) is 1.15. The van der Waals surface area contributed by atoms with Crippen molar-refractivity contribution in [2.75, 3.05) is 0 Å². The predicted molar refractivity (Wildman–Crippen MR) is 28.0 cm³/mol. The third kappa shape index (κ3) is 0.710. The van der Waals surface area contributed by atoms with Crippen molar-refractivity contribution in [1.82, 2.24) is 0 Å². The van der Waals surface area contributed by atoms with Gasteiger partial charge in [0.2, 0.25) is 0 Å². The van der Waals surface area contributed by atoms with Crippen LogP contribution in [-0.2, 0) is 4.79 Å². The fourth-order valence-corrected chi connectivity index (χ4v) is 0.572. The summed E-state index contributed by atoms with van der Waals surface area (Å²) in [6.45, 7) is 3.94. The fraction of sp³-hybridized carbons (Fsp3) is 0.500. The number of allylic oxidation sites excluding steroid dienone is 2. The Bertz CT molecular complexity index is 138. The second kappa shape index (κ2) is 1.19. The average Bonchev–Trinajstić information content (AvgIpc) is 2.17. The predicted octanol–water partition coefficient (Wildman–Crippen LogP) is 1.30. The fourth-order valence-electron chi connectivity index (χ4n) is 0.572. The molecule has 1 nitrogen and oxygen atoms in total. The van der Waals surface area contributed by atoms with Crippen molar-refractivity contribution in [1.29, 1.82) is 0 Å². The number of hydrogen-bond acceptors (Lipinski definition) is 1. The van der Waals surface area contributed by atoms with Gasteiger partial charge in [0.05, 0.1) is 0 Å². The highest BCUT2D eigenvalue weighted by Gasteiger charge is 2.26. The Hall–Kier alpha value is -0.590. The average molecular weight is 96.1 g/mol. The molecule has 0 radical (unpaired) electrons. The number of rotatable bonds is 0. The van der Waals surface area contributed by atoms with E-state index < -0.39 is 0 Å². The molecule has 1 aliphatic carbocycles. The quantitative estimate of drug-likeness (QED) is 0.415. The van der Waals surface area contributed by atoms with Crippen LogP contribution in [0.25, 0.3) is 0 Å². The molecule has 1 aliphatic rings. The van der Waals surface area contributed by atoms with Crippen LogP contribution < -0.4 is 0 Å². The van der Waals surface area contributed by atoms with Crippen LogP contribution in [0, 0.1) is 0 Å². The Balaban J connectivity index is 2.78. The molecule has 0 unspecified atom stereocenters. The molecule has 0 spiro atoms. The highest BCUT2D eigenvalue weighted by Crippen LogP contribution is 2.25. The van der Waals surface area contributed by atoms with Gasteiger partial charge >= 0.3 is 0 Å². The first-order valence-corrected chi connectivity index (χ1v) is 2.41. The summed E-state index contributed by atoms with van der Waals surface area (Å²) in [7, 11) is 0. The van der Waals surface area contributed by atoms with Crippen molar-refractivity contribution in [2.45, 2.75) is 20.3 Å². The van der Waals surface area contributed by atoms with Crippen LogP contribution in [0.1, 0.15) is 20.3 Å². The molecule has 7 heavy (non-hydrogen) atoms. The smallest absolute Gasteiger partial charge is 0.163 e. The van der Waals surface area contributed by atoms with E-state index in [1.54, 1.807) is 0 Å². The SMILES string of the molecule is CC(C)=C1CC1=O. The number of carbonyl (C=O) groups excluding carboxylic acids is 1. The molecule has 0 heterocycles. The zero-order chi connectivity index (χ0) is 5.44. The van der Waals surface area contributed by atoms with E-state index in [2.05, 4.69) is 0 Å². The van der Waals surface area contributed by atoms with E-state index in [0.29, 0.717) is 5.78 Å². The molecule has 0 atom stereocenters. The summed E-state index contributed by atoms with van der Waals surface area (Å²) in [6, 6.07) is 0. The Kier molecular flexibility index (Phi) is 0.775. The first kappa shape index (κ1) is 4.57. The summed E-state index contributed by atoms with van der Waals surface area (Å²) in [5.74, 6) is 0.333. The van der Waals surface area contributed by atoms with E-state index in [9.17, 15) is 4.79 Å². The molecule has 0 aromatic rings. The molecular formula is C6H8O. The van der Waals surface area contributed by atoms with Gasteiger partial charge in [-0.3, -0.25) is 4.79 Å². The lowest BCUT2D eigenvalue weighted by atomic mass is 10.3. The van der Waals surface area contributed by atoms with E-state index in [-0.39, 0.29) is 0 Å². The zero-order valence-corrected chi connectivity index (χ0v) is 4.62. The van der Waals surface area contributed by atoms with Crippen molar-refractivity contribution in [2.24, 2.45) is 0 Å². The lowest BCUT2D eigenvalue weighted by Crippen LogP contribution is -1.62.